The predicted octanol–water partition coefficient (Wildman–Crippen LogP) is 3.50. The van der Waals surface area contributed by atoms with Crippen molar-refractivity contribution >= 4 is 15.7 Å². The van der Waals surface area contributed by atoms with Crippen LogP contribution >= 0.6 is 0 Å². The molecule has 13 heteroatoms. The Labute approximate surface area is 172 Å². The molecule has 1 heterocycles. The first-order valence-corrected chi connectivity index (χ1v) is 10.4. The number of alkyl halides is 6. The van der Waals surface area contributed by atoms with E-state index in [2.05, 4.69) is 15.3 Å². The molecule has 1 N–H and O–H groups in total. The molecule has 1 aromatic heterocycles. The molecule has 2 aromatic rings. The Kier molecular flexibility index (Phi) is 6.00. The van der Waals surface area contributed by atoms with Crippen LogP contribution in [0.4, 0.5) is 26.3 Å². The summed E-state index contributed by atoms with van der Waals surface area (Å²) in [5.74, 6) is -1.55. The highest BCUT2D eigenvalue weighted by Crippen LogP contribution is 2.37. The molecule has 1 aromatic carbocycles. The summed E-state index contributed by atoms with van der Waals surface area (Å²) in [7, 11) is -3.97. The van der Waals surface area contributed by atoms with Gasteiger partial charge in [0.2, 0.25) is 5.82 Å². The van der Waals surface area contributed by atoms with Crippen LogP contribution in [0.5, 0.6) is 0 Å². The average molecular weight is 467 g/mol. The van der Waals surface area contributed by atoms with Crippen molar-refractivity contribution in [2.24, 2.45) is 5.92 Å². The van der Waals surface area contributed by atoms with Crippen molar-refractivity contribution < 1.29 is 39.6 Å². The number of nitrogens with one attached hydrogen (secondary N) is 1. The monoisotopic (exact) mass is 467 g/mol. The van der Waals surface area contributed by atoms with Gasteiger partial charge in [-0.3, -0.25) is 4.79 Å². The number of sulfone groups is 1. The molecule has 0 aliphatic heterocycles. The van der Waals surface area contributed by atoms with Crippen LogP contribution in [0.25, 0.3) is 0 Å². The lowest BCUT2D eigenvalue weighted by atomic mass is 9.85. The fraction of sp³-hybridized carbons (Fsp3) is 0.389. The van der Waals surface area contributed by atoms with E-state index >= 15 is 0 Å². The molecule has 1 fully saturated rings. The van der Waals surface area contributed by atoms with E-state index in [-0.39, 0.29) is 25.3 Å². The minimum atomic E-state index is -4.67. The molecule has 0 radical (unpaired) electrons. The largest absolute Gasteiger partial charge is 0.419 e. The molecular weight excluding hydrogens is 452 g/mol. The third kappa shape index (κ3) is 5.14. The van der Waals surface area contributed by atoms with Gasteiger partial charge in [0.05, 0.1) is 21.3 Å². The van der Waals surface area contributed by atoms with E-state index in [0.717, 1.165) is 18.2 Å². The van der Waals surface area contributed by atoms with E-state index in [4.69, 9.17) is 0 Å². The highest BCUT2D eigenvalue weighted by Gasteiger charge is 2.40. The summed E-state index contributed by atoms with van der Waals surface area (Å²) in [4.78, 5) is 18.2. The summed E-state index contributed by atoms with van der Waals surface area (Å²) in [6, 6.07) is 3.49. The number of benzene rings is 1. The lowest BCUT2D eigenvalue weighted by Gasteiger charge is -2.34. The van der Waals surface area contributed by atoms with Gasteiger partial charge in [0.25, 0.3) is 5.91 Å². The summed E-state index contributed by atoms with van der Waals surface area (Å²) in [5, 5.41) is 1.52. The van der Waals surface area contributed by atoms with E-state index in [1.165, 1.54) is 0 Å². The number of rotatable bonds is 5. The maximum absolute atomic E-state index is 12.8. The molecule has 0 saturated heterocycles. The van der Waals surface area contributed by atoms with Crippen LogP contribution in [0.15, 0.2) is 41.6 Å². The highest BCUT2D eigenvalue weighted by molar-refractivity contribution is 7.92. The number of aromatic nitrogens is 2. The number of hydrogen-bond donors (Lipinski definition) is 1. The molecule has 1 aliphatic rings. The average Bonchev–Trinajstić information content (AvgIpc) is 2.65. The van der Waals surface area contributed by atoms with Crippen LogP contribution in [0.1, 0.15) is 34.6 Å². The Balaban J connectivity index is 1.55. The van der Waals surface area contributed by atoms with Gasteiger partial charge in [-0.1, -0.05) is 6.07 Å². The molecule has 31 heavy (non-hydrogen) atoms. The Morgan fingerprint density at radius 2 is 1.58 bits per heavy atom. The first-order valence-electron chi connectivity index (χ1n) is 8.87. The van der Waals surface area contributed by atoms with E-state index < -0.39 is 55.2 Å². The second-order valence-corrected chi connectivity index (χ2v) is 9.26. The fourth-order valence-corrected chi connectivity index (χ4v) is 5.04. The third-order valence-corrected chi connectivity index (χ3v) is 7.03. The van der Waals surface area contributed by atoms with Crippen LogP contribution in [-0.4, -0.2) is 36.1 Å². The Morgan fingerprint density at radius 3 is 2.13 bits per heavy atom. The number of halogens is 6. The number of hydrogen-bond acceptors (Lipinski definition) is 5. The summed E-state index contributed by atoms with van der Waals surface area (Å²) in [5.41, 5.74) is -2.17. The molecule has 0 unspecified atom stereocenters. The van der Waals surface area contributed by atoms with Gasteiger partial charge in [0.1, 0.15) is 0 Å². The first-order chi connectivity index (χ1) is 14.3. The van der Waals surface area contributed by atoms with E-state index in [0.29, 0.717) is 18.5 Å². The maximum Gasteiger partial charge on any atom is 0.419 e. The van der Waals surface area contributed by atoms with Gasteiger partial charge in [-0.2, -0.15) is 26.3 Å². The summed E-state index contributed by atoms with van der Waals surface area (Å²) < 4.78 is 101. The van der Waals surface area contributed by atoms with Crippen LogP contribution < -0.4 is 5.32 Å². The standard InChI is InChI=1S/C18H15F6N3O3S/c19-17(20,21)11-2-1-3-13(6-11)31(29,30)14-4-10(5-14)7-27-16(28)15-25-8-12(9-26-15)18(22,23)24/h1-3,6,8-10,14H,4-5,7H2,(H,27,28)/t10-,14-. The Bertz CT molecular complexity index is 1060. The second kappa shape index (κ2) is 8.09. The van der Waals surface area contributed by atoms with Gasteiger partial charge in [-0.15, -0.1) is 0 Å². The molecular formula is C18H15F6N3O3S. The molecule has 1 amide bonds. The molecule has 1 saturated carbocycles. The van der Waals surface area contributed by atoms with Gasteiger partial charge < -0.3 is 5.32 Å². The van der Waals surface area contributed by atoms with E-state index in [1.54, 1.807) is 0 Å². The zero-order valence-electron chi connectivity index (χ0n) is 15.5. The smallest absolute Gasteiger partial charge is 0.349 e. The number of amides is 1. The lowest BCUT2D eigenvalue weighted by molar-refractivity contribution is -0.138. The van der Waals surface area contributed by atoms with Gasteiger partial charge in [0.15, 0.2) is 9.84 Å². The molecule has 3 rings (SSSR count). The molecule has 0 bridgehead atoms. The van der Waals surface area contributed by atoms with Crippen molar-refractivity contribution in [3.63, 3.8) is 0 Å². The Hall–Kier alpha value is -2.70. The van der Waals surface area contributed by atoms with Crippen molar-refractivity contribution in [3.05, 3.63) is 53.6 Å². The number of carbonyl (C=O) groups is 1. The fourth-order valence-electron chi connectivity index (χ4n) is 3.04. The molecule has 168 valence electrons. The van der Waals surface area contributed by atoms with Gasteiger partial charge >= 0.3 is 12.4 Å². The Morgan fingerprint density at radius 1 is 1.00 bits per heavy atom. The zero-order valence-corrected chi connectivity index (χ0v) is 16.4. The van der Waals surface area contributed by atoms with Crippen molar-refractivity contribution in [1.29, 1.82) is 0 Å². The minimum Gasteiger partial charge on any atom is -0.349 e. The number of nitrogens with zero attached hydrogens (tertiary/aromatic N) is 2. The van der Waals surface area contributed by atoms with Crippen molar-refractivity contribution in [2.75, 3.05) is 6.54 Å². The van der Waals surface area contributed by atoms with Crippen molar-refractivity contribution in [3.8, 4) is 0 Å². The quantitative estimate of drug-likeness (QED) is 0.680. The van der Waals surface area contributed by atoms with Crippen LogP contribution in [-0.2, 0) is 22.2 Å². The molecule has 0 spiro atoms. The predicted molar refractivity (Wildman–Crippen MR) is 94.5 cm³/mol. The first kappa shape index (κ1) is 23.0. The van der Waals surface area contributed by atoms with Gasteiger partial charge in [-0.05, 0) is 37.0 Å². The van der Waals surface area contributed by atoms with Gasteiger partial charge in [0, 0.05) is 18.9 Å². The van der Waals surface area contributed by atoms with Crippen molar-refractivity contribution in [2.45, 2.75) is 35.3 Å². The lowest BCUT2D eigenvalue weighted by Crippen LogP contribution is -2.42. The topological polar surface area (TPSA) is 89.0 Å². The SMILES string of the molecule is O=C(NC[C@H]1C[C@H](S(=O)(=O)c2cccc(C(F)(F)F)c2)C1)c1ncc(C(F)(F)F)cn1. The molecule has 6 nitrogen and oxygen atoms in total. The normalized spacial score (nSPS) is 19.5. The van der Waals surface area contributed by atoms with Crippen molar-refractivity contribution in [1.82, 2.24) is 15.3 Å². The van der Waals surface area contributed by atoms with E-state index in [9.17, 15) is 39.6 Å². The highest BCUT2D eigenvalue weighted by atomic mass is 32.2. The van der Waals surface area contributed by atoms with Crippen LogP contribution in [0, 0.1) is 5.92 Å². The van der Waals surface area contributed by atoms with Crippen LogP contribution in [0.3, 0.4) is 0 Å². The summed E-state index contributed by atoms with van der Waals surface area (Å²) >= 11 is 0. The van der Waals surface area contributed by atoms with Gasteiger partial charge in [-0.25, -0.2) is 18.4 Å². The maximum atomic E-state index is 12.8. The van der Waals surface area contributed by atoms with Crippen LogP contribution in [0.2, 0.25) is 0 Å². The second-order valence-electron chi connectivity index (χ2n) is 7.03. The zero-order chi connectivity index (χ0) is 23.0. The number of carbonyl (C=O) groups excluding carboxylic acids is 1. The molecule has 0 atom stereocenters. The minimum absolute atomic E-state index is 0.0256. The summed E-state index contributed by atoms with van der Waals surface area (Å²) in [6.07, 6.45) is -8.12. The third-order valence-electron chi connectivity index (χ3n) is 4.85. The summed E-state index contributed by atoms with van der Waals surface area (Å²) in [6.45, 7) is 0.0256. The van der Waals surface area contributed by atoms with E-state index in [1.807, 2.05) is 0 Å². The molecule has 1 aliphatic carbocycles.